The monoisotopic (exact) mass is 468 g/mol. The van der Waals surface area contributed by atoms with E-state index >= 15 is 0 Å². The molecule has 33 heavy (non-hydrogen) atoms. The Morgan fingerprint density at radius 1 is 0.667 bits per heavy atom. The van der Waals surface area contributed by atoms with Crippen molar-refractivity contribution in [2.24, 2.45) is 65.1 Å². The predicted octanol–water partition coefficient (Wildman–Crippen LogP) is 9.27. The van der Waals surface area contributed by atoms with Crippen LogP contribution in [-0.2, 0) is 0 Å². The van der Waals surface area contributed by atoms with Gasteiger partial charge in [-0.3, -0.25) is 13.2 Å². The number of fused-ring (bicyclic) bond motifs is 2. The molecule has 0 amide bonds. The molecule has 4 rings (SSSR count). The van der Waals surface area contributed by atoms with Crippen molar-refractivity contribution < 1.29 is 13.2 Å². The molecule has 0 saturated heterocycles. The van der Waals surface area contributed by atoms with Gasteiger partial charge in [-0.05, 0) is 104 Å². The van der Waals surface area contributed by atoms with Gasteiger partial charge >= 0.3 is 0 Å². The Bertz CT molecular complexity index is 551. The van der Waals surface area contributed by atoms with Gasteiger partial charge in [0.2, 0.25) is 0 Å². The zero-order valence-corrected chi connectivity index (χ0v) is 21.8. The van der Waals surface area contributed by atoms with Crippen LogP contribution in [0, 0.1) is 65.1 Å². The molecule has 0 N–H and O–H groups in total. The van der Waals surface area contributed by atoms with E-state index in [1.165, 1.54) is 32.1 Å². The summed E-state index contributed by atoms with van der Waals surface area (Å²) in [5, 5.41) is 0. The maximum Gasteiger partial charge on any atom is 0.0928 e. The van der Waals surface area contributed by atoms with Gasteiger partial charge in [0.1, 0.15) is 0 Å². The van der Waals surface area contributed by atoms with E-state index in [4.69, 9.17) is 0 Å². The van der Waals surface area contributed by atoms with Gasteiger partial charge in [0.25, 0.3) is 0 Å². The lowest BCUT2D eigenvalue weighted by molar-refractivity contribution is 0.162. The molecule has 2 bridgehead atoms. The molecule has 11 atom stereocenters. The first-order valence-corrected chi connectivity index (χ1v) is 13.8. The number of rotatable bonds is 7. The van der Waals surface area contributed by atoms with Gasteiger partial charge in [-0.2, -0.15) is 0 Å². The fourth-order valence-electron chi connectivity index (χ4n) is 7.49. The second-order valence-electron chi connectivity index (χ2n) is 11.6. The molecule has 11 unspecified atom stereocenters. The van der Waals surface area contributed by atoms with E-state index in [-0.39, 0.29) is 25.9 Å². The number of hydrogen-bond donors (Lipinski definition) is 0. The van der Waals surface area contributed by atoms with Crippen LogP contribution in [0.1, 0.15) is 79.1 Å². The molecule has 3 heteroatoms. The summed E-state index contributed by atoms with van der Waals surface area (Å²) < 4.78 is 37.3. The number of halogens is 3. The molecule has 4 aliphatic rings. The number of allylic oxidation sites excluding steroid dienone is 2. The highest BCUT2D eigenvalue weighted by Gasteiger charge is 2.48. The van der Waals surface area contributed by atoms with E-state index in [0.29, 0.717) is 29.6 Å². The summed E-state index contributed by atoms with van der Waals surface area (Å²) in [5.41, 5.74) is 0. The minimum Gasteiger partial charge on any atom is -0.251 e. The van der Waals surface area contributed by atoms with E-state index in [0.717, 1.165) is 48.9 Å². The summed E-state index contributed by atoms with van der Waals surface area (Å²) in [5.74, 6) is 6.65. The van der Waals surface area contributed by atoms with Crippen molar-refractivity contribution in [1.29, 1.82) is 0 Å². The minimum absolute atomic E-state index is 0.0712. The van der Waals surface area contributed by atoms with E-state index in [2.05, 4.69) is 40.9 Å². The summed E-state index contributed by atoms with van der Waals surface area (Å²) in [6.07, 6.45) is 13.1. The van der Waals surface area contributed by atoms with Crippen molar-refractivity contribution in [3.63, 3.8) is 0 Å². The van der Waals surface area contributed by atoms with E-state index in [1.54, 1.807) is 0 Å². The first-order valence-electron chi connectivity index (χ1n) is 13.8. The third kappa shape index (κ3) is 7.14. The molecule has 0 aromatic rings. The third-order valence-electron chi connectivity index (χ3n) is 10.1. The van der Waals surface area contributed by atoms with Gasteiger partial charge in [0.05, 0.1) is 20.0 Å². The van der Waals surface area contributed by atoms with Gasteiger partial charge in [0.15, 0.2) is 0 Å². The fourth-order valence-corrected chi connectivity index (χ4v) is 7.49. The van der Waals surface area contributed by atoms with Gasteiger partial charge in [-0.1, -0.05) is 52.7 Å². The summed E-state index contributed by atoms with van der Waals surface area (Å²) in [6.45, 7) is 16.1. The fraction of sp³-hybridized carbons (Fsp3) is 0.867. The third-order valence-corrected chi connectivity index (χ3v) is 10.1. The molecule has 0 aromatic heterocycles. The van der Waals surface area contributed by atoms with Crippen LogP contribution in [0.15, 0.2) is 25.3 Å². The first-order chi connectivity index (χ1) is 15.9. The topological polar surface area (TPSA) is 0 Å². The van der Waals surface area contributed by atoms with Crippen LogP contribution in [-0.4, -0.2) is 20.0 Å². The Kier molecular flexibility index (Phi) is 12.1. The molecule has 4 fully saturated rings. The maximum absolute atomic E-state index is 12.5. The molecular formula is C30H51F3. The Hall–Kier alpha value is -0.730. The average Bonchev–Trinajstić information content (AvgIpc) is 3.62. The van der Waals surface area contributed by atoms with Crippen molar-refractivity contribution in [2.45, 2.75) is 79.1 Å². The normalized spacial score (nSPS) is 43.4. The van der Waals surface area contributed by atoms with Crippen LogP contribution >= 0.6 is 0 Å². The van der Waals surface area contributed by atoms with Gasteiger partial charge in [-0.15, -0.1) is 13.2 Å². The van der Waals surface area contributed by atoms with Gasteiger partial charge in [-0.25, -0.2) is 0 Å². The van der Waals surface area contributed by atoms with Crippen LogP contribution in [0.5, 0.6) is 0 Å². The summed E-state index contributed by atoms with van der Waals surface area (Å²) in [6, 6.07) is 0. The number of hydrogen-bond acceptors (Lipinski definition) is 0. The molecule has 192 valence electrons. The molecule has 0 aliphatic heterocycles. The molecule has 0 aromatic carbocycles. The van der Waals surface area contributed by atoms with Crippen LogP contribution < -0.4 is 0 Å². The second kappa shape index (κ2) is 14.0. The first kappa shape index (κ1) is 28.5. The average molecular weight is 469 g/mol. The Morgan fingerprint density at radius 3 is 1.70 bits per heavy atom. The van der Waals surface area contributed by atoms with Crippen LogP contribution in [0.3, 0.4) is 0 Å². The summed E-state index contributed by atoms with van der Waals surface area (Å²) >= 11 is 0. The summed E-state index contributed by atoms with van der Waals surface area (Å²) in [4.78, 5) is 0. The molecule has 0 heterocycles. The lowest BCUT2D eigenvalue weighted by atomic mass is 9.76. The SMILES string of the molecule is C=CC1CC(C=C)C(CF)C1.CC1C2CC(CF)C(C2)C1C.CCC1CC(CC)C(CF)C1. The zero-order valence-electron chi connectivity index (χ0n) is 21.8. The van der Waals surface area contributed by atoms with Gasteiger partial charge in [0, 0.05) is 0 Å². The largest absolute Gasteiger partial charge is 0.251 e. The molecule has 4 aliphatic carbocycles. The Morgan fingerprint density at radius 2 is 1.30 bits per heavy atom. The van der Waals surface area contributed by atoms with Crippen molar-refractivity contribution in [2.75, 3.05) is 20.0 Å². The van der Waals surface area contributed by atoms with Gasteiger partial charge < -0.3 is 0 Å². The lowest BCUT2D eigenvalue weighted by Gasteiger charge is -2.29. The molecular weight excluding hydrogens is 417 g/mol. The van der Waals surface area contributed by atoms with Crippen LogP contribution in [0.4, 0.5) is 13.2 Å². The molecule has 0 nitrogen and oxygen atoms in total. The van der Waals surface area contributed by atoms with Crippen molar-refractivity contribution >= 4 is 0 Å². The van der Waals surface area contributed by atoms with E-state index in [9.17, 15) is 13.2 Å². The second-order valence-corrected chi connectivity index (χ2v) is 11.6. The Labute approximate surface area is 202 Å². The van der Waals surface area contributed by atoms with E-state index in [1.807, 2.05) is 12.2 Å². The van der Waals surface area contributed by atoms with Crippen molar-refractivity contribution in [3.8, 4) is 0 Å². The Balaban J connectivity index is 0.000000175. The minimum atomic E-state index is -0.207. The van der Waals surface area contributed by atoms with Crippen molar-refractivity contribution in [3.05, 3.63) is 25.3 Å². The summed E-state index contributed by atoms with van der Waals surface area (Å²) in [7, 11) is 0. The van der Waals surface area contributed by atoms with Crippen LogP contribution in [0.25, 0.3) is 0 Å². The predicted molar refractivity (Wildman–Crippen MR) is 136 cm³/mol. The molecule has 0 spiro atoms. The highest BCUT2D eigenvalue weighted by atomic mass is 19.1. The number of alkyl halides is 3. The van der Waals surface area contributed by atoms with Crippen molar-refractivity contribution in [1.82, 2.24) is 0 Å². The highest BCUT2D eigenvalue weighted by molar-refractivity contribution is 4.98. The zero-order chi connectivity index (χ0) is 24.5. The highest BCUT2D eigenvalue weighted by Crippen LogP contribution is 2.54. The maximum atomic E-state index is 12.5. The van der Waals surface area contributed by atoms with E-state index < -0.39 is 0 Å². The van der Waals surface area contributed by atoms with Crippen LogP contribution in [0.2, 0.25) is 0 Å². The standard InChI is InChI=1S/C10H17F.C10H19F.C10H15F/c1-6-7(2)10-4-8(6)3-9(10)5-11;2*1-3-8-5-9(4-2)10(6-8)7-11/h6-10H,3-5H2,1-2H3;8-10H,3-7H2,1-2H3;3-4,8-10H,1-2,5-7H2. The molecule has 4 saturated carbocycles. The lowest BCUT2D eigenvalue weighted by Crippen LogP contribution is -2.25. The smallest absolute Gasteiger partial charge is 0.0928 e. The quantitative estimate of drug-likeness (QED) is 0.327. The molecule has 0 radical (unpaired) electrons.